The van der Waals surface area contributed by atoms with Gasteiger partial charge in [-0.3, -0.25) is 0 Å². The van der Waals surface area contributed by atoms with E-state index < -0.39 is 0 Å². The zero-order valence-corrected chi connectivity index (χ0v) is 11.4. The van der Waals surface area contributed by atoms with Gasteiger partial charge in [-0.15, -0.1) is 0 Å². The van der Waals surface area contributed by atoms with Crippen LogP contribution in [0.25, 0.3) is 0 Å². The number of hydrogen-bond donors (Lipinski definition) is 0. The number of aryl methyl sites for hydroxylation is 1. The molecule has 0 bridgehead atoms. The van der Waals surface area contributed by atoms with Gasteiger partial charge in [0.1, 0.15) is 0 Å². The Kier molecular flexibility index (Phi) is 4.88. The minimum Gasteiger partial charge on any atom is -0.490 e. The van der Waals surface area contributed by atoms with Crippen molar-refractivity contribution in [2.45, 2.75) is 25.7 Å². The van der Waals surface area contributed by atoms with Crippen molar-refractivity contribution >= 4 is 0 Å². The van der Waals surface area contributed by atoms with Crippen LogP contribution in [0.15, 0.2) is 18.2 Å². The van der Waals surface area contributed by atoms with Gasteiger partial charge in [-0.1, -0.05) is 6.07 Å². The minimum atomic E-state index is 0.802. The maximum absolute atomic E-state index is 5.76. The van der Waals surface area contributed by atoms with E-state index in [4.69, 9.17) is 9.47 Å². The molecule has 1 aromatic carbocycles. The number of fused-ring (bicyclic) bond motifs is 1. The molecule has 0 radical (unpaired) electrons. The lowest BCUT2D eigenvalue weighted by Crippen LogP contribution is -2.13. The standard InChI is InChI=1S/C15H23NO2/c1-16(2)9-5-6-13-7-8-14-15(12-13)18-11-4-3-10-17-14/h7-8,12H,3-6,9-11H2,1-2H3. The Morgan fingerprint density at radius 3 is 2.50 bits per heavy atom. The van der Waals surface area contributed by atoms with E-state index in [2.05, 4.69) is 31.1 Å². The van der Waals surface area contributed by atoms with Crippen molar-refractivity contribution in [2.75, 3.05) is 33.9 Å². The largest absolute Gasteiger partial charge is 0.490 e. The molecular formula is C15H23NO2. The van der Waals surface area contributed by atoms with Crippen molar-refractivity contribution < 1.29 is 9.47 Å². The molecule has 0 aromatic heterocycles. The topological polar surface area (TPSA) is 21.7 Å². The molecule has 0 amide bonds. The van der Waals surface area contributed by atoms with Crippen molar-refractivity contribution in [1.82, 2.24) is 4.90 Å². The predicted molar refractivity (Wildman–Crippen MR) is 73.5 cm³/mol. The average Bonchev–Trinajstić information content (AvgIpc) is 2.30. The van der Waals surface area contributed by atoms with E-state index in [9.17, 15) is 0 Å². The van der Waals surface area contributed by atoms with Crippen LogP contribution in [-0.4, -0.2) is 38.8 Å². The molecular weight excluding hydrogens is 226 g/mol. The summed E-state index contributed by atoms with van der Waals surface area (Å²) in [4.78, 5) is 2.22. The Morgan fingerprint density at radius 2 is 1.78 bits per heavy atom. The molecule has 0 unspecified atom stereocenters. The van der Waals surface area contributed by atoms with E-state index in [0.29, 0.717) is 0 Å². The smallest absolute Gasteiger partial charge is 0.161 e. The predicted octanol–water partition coefficient (Wildman–Crippen LogP) is 2.73. The number of hydrogen-bond acceptors (Lipinski definition) is 3. The maximum Gasteiger partial charge on any atom is 0.161 e. The zero-order chi connectivity index (χ0) is 12.8. The highest BCUT2D eigenvalue weighted by molar-refractivity contribution is 5.43. The Bertz CT molecular complexity index is 377. The maximum atomic E-state index is 5.76. The van der Waals surface area contributed by atoms with Gasteiger partial charge in [0.15, 0.2) is 11.5 Å². The van der Waals surface area contributed by atoms with E-state index >= 15 is 0 Å². The number of rotatable bonds is 4. The summed E-state index contributed by atoms with van der Waals surface area (Å²) in [5, 5.41) is 0. The van der Waals surface area contributed by atoms with Crippen LogP contribution in [-0.2, 0) is 6.42 Å². The summed E-state index contributed by atoms with van der Waals surface area (Å²) in [6.45, 7) is 2.72. The first kappa shape index (κ1) is 13.2. The first-order chi connectivity index (χ1) is 8.75. The van der Waals surface area contributed by atoms with Gasteiger partial charge < -0.3 is 14.4 Å². The average molecular weight is 249 g/mol. The lowest BCUT2D eigenvalue weighted by Gasteiger charge is -2.17. The SMILES string of the molecule is CN(C)CCCc1ccc2c(c1)OCCCCO2. The van der Waals surface area contributed by atoms with Crippen molar-refractivity contribution in [1.29, 1.82) is 0 Å². The second-order valence-corrected chi connectivity index (χ2v) is 5.09. The normalized spacial score (nSPS) is 15.3. The van der Waals surface area contributed by atoms with Crippen LogP contribution in [0.1, 0.15) is 24.8 Å². The molecule has 0 saturated heterocycles. The lowest BCUT2D eigenvalue weighted by atomic mass is 10.1. The second kappa shape index (κ2) is 6.64. The molecule has 1 aliphatic heterocycles. The highest BCUT2D eigenvalue weighted by atomic mass is 16.5. The molecule has 1 aliphatic rings. The first-order valence-corrected chi connectivity index (χ1v) is 6.79. The quantitative estimate of drug-likeness (QED) is 0.819. The van der Waals surface area contributed by atoms with Gasteiger partial charge in [-0.05, 0) is 64.0 Å². The number of benzene rings is 1. The molecule has 0 spiro atoms. The summed E-state index contributed by atoms with van der Waals surface area (Å²) < 4.78 is 11.5. The monoisotopic (exact) mass is 249 g/mol. The third-order valence-corrected chi connectivity index (χ3v) is 3.13. The van der Waals surface area contributed by atoms with Gasteiger partial charge in [0, 0.05) is 0 Å². The van der Waals surface area contributed by atoms with Crippen LogP contribution in [0.4, 0.5) is 0 Å². The van der Waals surface area contributed by atoms with Crippen molar-refractivity contribution in [3.8, 4) is 11.5 Å². The van der Waals surface area contributed by atoms with Crippen LogP contribution in [0.3, 0.4) is 0 Å². The van der Waals surface area contributed by atoms with E-state index in [1.54, 1.807) is 0 Å². The molecule has 0 saturated carbocycles. The summed E-state index contributed by atoms with van der Waals surface area (Å²) in [6.07, 6.45) is 4.41. The Balaban J connectivity index is 1.98. The molecule has 0 atom stereocenters. The summed E-state index contributed by atoms with van der Waals surface area (Å²) in [7, 11) is 4.22. The van der Waals surface area contributed by atoms with E-state index in [1.807, 2.05) is 6.07 Å². The third kappa shape index (κ3) is 3.91. The molecule has 3 heteroatoms. The second-order valence-electron chi connectivity index (χ2n) is 5.09. The molecule has 100 valence electrons. The lowest BCUT2D eigenvalue weighted by molar-refractivity contribution is 0.223. The molecule has 1 aromatic rings. The molecule has 18 heavy (non-hydrogen) atoms. The highest BCUT2D eigenvalue weighted by Gasteiger charge is 2.09. The van der Waals surface area contributed by atoms with E-state index in [1.165, 1.54) is 12.0 Å². The fraction of sp³-hybridized carbons (Fsp3) is 0.600. The number of ether oxygens (including phenoxy) is 2. The molecule has 0 fully saturated rings. The highest BCUT2D eigenvalue weighted by Crippen LogP contribution is 2.30. The van der Waals surface area contributed by atoms with Crippen LogP contribution >= 0.6 is 0 Å². The van der Waals surface area contributed by atoms with Gasteiger partial charge in [0.05, 0.1) is 13.2 Å². The Labute approximate surface area is 110 Å². The van der Waals surface area contributed by atoms with Crippen LogP contribution < -0.4 is 9.47 Å². The van der Waals surface area contributed by atoms with Crippen LogP contribution in [0.2, 0.25) is 0 Å². The van der Waals surface area contributed by atoms with Crippen molar-refractivity contribution in [3.63, 3.8) is 0 Å². The van der Waals surface area contributed by atoms with Gasteiger partial charge in [0.2, 0.25) is 0 Å². The van der Waals surface area contributed by atoms with Gasteiger partial charge in [-0.2, -0.15) is 0 Å². The summed E-state index contributed by atoms with van der Waals surface area (Å²) >= 11 is 0. The molecule has 0 N–H and O–H groups in total. The Morgan fingerprint density at radius 1 is 1.06 bits per heavy atom. The van der Waals surface area contributed by atoms with Crippen molar-refractivity contribution in [2.24, 2.45) is 0 Å². The molecule has 3 nitrogen and oxygen atoms in total. The van der Waals surface area contributed by atoms with E-state index in [0.717, 1.165) is 50.5 Å². The zero-order valence-electron chi connectivity index (χ0n) is 11.4. The first-order valence-electron chi connectivity index (χ1n) is 6.79. The Hall–Kier alpha value is -1.22. The summed E-state index contributed by atoms with van der Waals surface area (Å²) in [5.74, 6) is 1.81. The minimum absolute atomic E-state index is 0.802. The fourth-order valence-corrected chi connectivity index (χ4v) is 2.11. The van der Waals surface area contributed by atoms with Crippen LogP contribution in [0, 0.1) is 0 Å². The number of nitrogens with zero attached hydrogens (tertiary/aromatic N) is 1. The molecule has 0 aliphatic carbocycles. The van der Waals surface area contributed by atoms with E-state index in [-0.39, 0.29) is 0 Å². The van der Waals surface area contributed by atoms with Gasteiger partial charge in [-0.25, -0.2) is 0 Å². The van der Waals surface area contributed by atoms with Crippen molar-refractivity contribution in [3.05, 3.63) is 23.8 Å². The van der Waals surface area contributed by atoms with Gasteiger partial charge in [0.25, 0.3) is 0 Å². The summed E-state index contributed by atoms with van der Waals surface area (Å²) in [6, 6.07) is 6.33. The van der Waals surface area contributed by atoms with Gasteiger partial charge >= 0.3 is 0 Å². The fourth-order valence-electron chi connectivity index (χ4n) is 2.11. The molecule has 1 heterocycles. The summed E-state index contributed by atoms with van der Waals surface area (Å²) in [5.41, 5.74) is 1.33. The molecule has 2 rings (SSSR count). The van der Waals surface area contributed by atoms with Crippen LogP contribution in [0.5, 0.6) is 11.5 Å². The third-order valence-electron chi connectivity index (χ3n) is 3.13.